The van der Waals surface area contributed by atoms with E-state index >= 15 is 0 Å². The summed E-state index contributed by atoms with van der Waals surface area (Å²) in [5, 5.41) is 17.0. The van der Waals surface area contributed by atoms with E-state index in [9.17, 15) is 4.79 Å². The van der Waals surface area contributed by atoms with Gasteiger partial charge in [-0.1, -0.05) is 41.1 Å². The number of benzene rings is 2. The molecule has 1 atom stereocenters. The predicted molar refractivity (Wildman–Crippen MR) is 96.3 cm³/mol. The molecule has 1 unspecified atom stereocenters. The highest BCUT2D eigenvalue weighted by atomic mass is 16.1. The van der Waals surface area contributed by atoms with Crippen LogP contribution in [-0.4, -0.2) is 26.5 Å². The van der Waals surface area contributed by atoms with E-state index in [1.165, 1.54) is 5.56 Å². The van der Waals surface area contributed by atoms with Gasteiger partial charge in [0.2, 0.25) is 5.91 Å². The molecule has 0 aliphatic heterocycles. The second-order valence-electron chi connectivity index (χ2n) is 6.30. The number of nitrogens with zero attached hydrogens (tertiary/aromatic N) is 3. The van der Waals surface area contributed by atoms with E-state index < -0.39 is 5.92 Å². The first-order chi connectivity index (χ1) is 12.0. The first-order valence-corrected chi connectivity index (χ1v) is 8.20. The second-order valence-corrected chi connectivity index (χ2v) is 6.30. The minimum absolute atomic E-state index is 0.147. The maximum absolute atomic E-state index is 12.9. The fraction of sp³-hybridized carbons (Fsp3) is 0.263. The monoisotopic (exact) mass is 335 g/mol. The topological polar surface area (TPSA) is 83.6 Å². The van der Waals surface area contributed by atoms with E-state index in [2.05, 4.69) is 32.0 Å². The lowest BCUT2D eigenvalue weighted by atomic mass is 9.96. The summed E-state index contributed by atoms with van der Waals surface area (Å²) in [6.07, 6.45) is 0.512. The molecule has 0 fully saturated rings. The normalized spacial score (nSPS) is 12.0. The Hall–Kier alpha value is -3.02. The highest BCUT2D eigenvalue weighted by Crippen LogP contribution is 2.21. The van der Waals surface area contributed by atoms with Crippen molar-refractivity contribution >= 4 is 11.6 Å². The number of amides is 1. The number of anilines is 1. The van der Waals surface area contributed by atoms with Crippen LogP contribution in [0.2, 0.25) is 0 Å². The largest absolute Gasteiger partial charge is 0.325 e. The standard InChI is InChI=1S/C19H21N5O/c1-12-5-4-6-15(9-12)11-17(18-21-23-24-22-18)19(25)20-16-8-7-13(2)14(3)10-16/h4-10,17H,11H2,1-3H3,(H,20,25)(H,21,22,23,24). The molecule has 0 aliphatic rings. The molecule has 0 saturated heterocycles. The van der Waals surface area contributed by atoms with E-state index in [4.69, 9.17) is 0 Å². The lowest BCUT2D eigenvalue weighted by molar-refractivity contribution is -0.117. The number of hydrogen-bond acceptors (Lipinski definition) is 4. The van der Waals surface area contributed by atoms with Gasteiger partial charge in [-0.15, -0.1) is 10.2 Å². The summed E-state index contributed by atoms with van der Waals surface area (Å²) in [6.45, 7) is 6.09. The molecule has 0 radical (unpaired) electrons. The van der Waals surface area contributed by atoms with Crippen molar-refractivity contribution < 1.29 is 4.79 Å². The summed E-state index contributed by atoms with van der Waals surface area (Å²) in [7, 11) is 0. The molecule has 3 rings (SSSR count). The Morgan fingerprint density at radius 3 is 2.64 bits per heavy atom. The summed E-state index contributed by atoms with van der Waals surface area (Å²) in [6, 6.07) is 13.9. The lowest BCUT2D eigenvalue weighted by Crippen LogP contribution is -2.24. The summed E-state index contributed by atoms with van der Waals surface area (Å²) < 4.78 is 0. The van der Waals surface area contributed by atoms with Crippen LogP contribution < -0.4 is 5.32 Å². The smallest absolute Gasteiger partial charge is 0.235 e. The Morgan fingerprint density at radius 1 is 1.12 bits per heavy atom. The zero-order valence-electron chi connectivity index (χ0n) is 14.6. The molecule has 6 heteroatoms. The highest BCUT2D eigenvalue weighted by Gasteiger charge is 2.25. The van der Waals surface area contributed by atoms with Crippen molar-refractivity contribution in [2.24, 2.45) is 0 Å². The molecule has 1 amide bonds. The number of tetrazole rings is 1. The number of rotatable bonds is 5. The Labute approximate surface area is 146 Å². The van der Waals surface area contributed by atoms with Crippen molar-refractivity contribution in [1.29, 1.82) is 0 Å². The van der Waals surface area contributed by atoms with Crippen molar-refractivity contribution in [2.45, 2.75) is 33.1 Å². The molecule has 1 aromatic heterocycles. The summed E-state index contributed by atoms with van der Waals surface area (Å²) in [4.78, 5) is 12.9. The number of aryl methyl sites for hydroxylation is 3. The molecule has 0 bridgehead atoms. The third-order valence-corrected chi connectivity index (χ3v) is 4.29. The third kappa shape index (κ3) is 4.09. The molecule has 3 aromatic rings. The molecule has 2 N–H and O–H groups in total. The van der Waals surface area contributed by atoms with Crippen LogP contribution in [0.3, 0.4) is 0 Å². The molecular formula is C19H21N5O. The molecular weight excluding hydrogens is 314 g/mol. The van der Waals surface area contributed by atoms with E-state index in [1.54, 1.807) is 0 Å². The van der Waals surface area contributed by atoms with Gasteiger partial charge in [-0.2, -0.15) is 5.21 Å². The highest BCUT2D eigenvalue weighted by molar-refractivity contribution is 5.95. The van der Waals surface area contributed by atoms with Gasteiger partial charge in [0, 0.05) is 5.69 Å². The van der Waals surface area contributed by atoms with E-state index in [1.807, 2.05) is 57.2 Å². The molecule has 0 aliphatic carbocycles. The Balaban J connectivity index is 1.83. The van der Waals surface area contributed by atoms with Gasteiger partial charge in [-0.3, -0.25) is 4.79 Å². The number of carbonyl (C=O) groups excluding carboxylic acids is 1. The van der Waals surface area contributed by atoms with Crippen molar-refractivity contribution in [2.75, 3.05) is 5.32 Å². The Bertz CT molecular complexity index is 873. The molecule has 128 valence electrons. The molecule has 25 heavy (non-hydrogen) atoms. The minimum Gasteiger partial charge on any atom is -0.325 e. The van der Waals surface area contributed by atoms with Crippen molar-refractivity contribution in [3.63, 3.8) is 0 Å². The molecule has 0 saturated carbocycles. The number of aromatic amines is 1. The van der Waals surface area contributed by atoms with Crippen LogP contribution in [0.1, 0.15) is 34.0 Å². The zero-order chi connectivity index (χ0) is 17.8. The van der Waals surface area contributed by atoms with Gasteiger partial charge < -0.3 is 5.32 Å². The molecule has 2 aromatic carbocycles. The number of H-pyrrole nitrogens is 1. The van der Waals surface area contributed by atoms with Gasteiger partial charge in [0.1, 0.15) is 5.92 Å². The first kappa shape index (κ1) is 16.8. The number of nitrogens with one attached hydrogen (secondary N) is 2. The van der Waals surface area contributed by atoms with Gasteiger partial charge in [-0.25, -0.2) is 0 Å². The number of hydrogen-bond donors (Lipinski definition) is 2. The van der Waals surface area contributed by atoms with Gasteiger partial charge in [0.15, 0.2) is 5.82 Å². The van der Waals surface area contributed by atoms with Crippen molar-refractivity contribution in [1.82, 2.24) is 20.6 Å². The van der Waals surface area contributed by atoms with Crippen LogP contribution in [0.4, 0.5) is 5.69 Å². The van der Waals surface area contributed by atoms with Gasteiger partial charge in [0.25, 0.3) is 0 Å². The van der Waals surface area contributed by atoms with Crippen LogP contribution in [-0.2, 0) is 11.2 Å². The summed E-state index contributed by atoms with van der Waals surface area (Å²) >= 11 is 0. The van der Waals surface area contributed by atoms with Crippen LogP contribution in [0.5, 0.6) is 0 Å². The molecule has 0 spiro atoms. The number of carbonyl (C=O) groups is 1. The molecule has 1 heterocycles. The molecule has 6 nitrogen and oxygen atoms in total. The fourth-order valence-electron chi connectivity index (χ4n) is 2.74. The van der Waals surface area contributed by atoms with E-state index in [0.29, 0.717) is 12.2 Å². The summed E-state index contributed by atoms with van der Waals surface area (Å²) in [5.74, 6) is -0.267. The van der Waals surface area contributed by atoms with Crippen molar-refractivity contribution in [3.8, 4) is 0 Å². The maximum Gasteiger partial charge on any atom is 0.235 e. The van der Waals surface area contributed by atoms with Crippen LogP contribution >= 0.6 is 0 Å². The van der Waals surface area contributed by atoms with E-state index in [-0.39, 0.29) is 5.91 Å². The quantitative estimate of drug-likeness (QED) is 0.750. The zero-order valence-corrected chi connectivity index (χ0v) is 14.6. The first-order valence-electron chi connectivity index (χ1n) is 8.20. The van der Waals surface area contributed by atoms with Gasteiger partial charge in [-0.05, 0) is 56.0 Å². The maximum atomic E-state index is 12.9. The minimum atomic E-state index is -0.512. The lowest BCUT2D eigenvalue weighted by Gasteiger charge is -2.15. The number of aromatic nitrogens is 4. The SMILES string of the molecule is Cc1cccc(CC(C(=O)Nc2ccc(C)c(C)c2)c2nn[nH]n2)c1. The fourth-order valence-corrected chi connectivity index (χ4v) is 2.74. The van der Waals surface area contributed by atoms with E-state index in [0.717, 1.165) is 22.4 Å². The predicted octanol–water partition coefficient (Wildman–Crippen LogP) is 3.09. The third-order valence-electron chi connectivity index (χ3n) is 4.29. The Kier molecular flexibility index (Phi) is 4.88. The Morgan fingerprint density at radius 2 is 1.96 bits per heavy atom. The summed E-state index contributed by atoms with van der Waals surface area (Å²) in [5.41, 5.74) is 5.30. The van der Waals surface area contributed by atoms with Gasteiger partial charge in [0.05, 0.1) is 0 Å². The van der Waals surface area contributed by atoms with Crippen LogP contribution in [0.25, 0.3) is 0 Å². The van der Waals surface area contributed by atoms with Crippen LogP contribution in [0, 0.1) is 20.8 Å². The van der Waals surface area contributed by atoms with Gasteiger partial charge >= 0.3 is 0 Å². The second kappa shape index (κ2) is 7.25. The van der Waals surface area contributed by atoms with Crippen molar-refractivity contribution in [3.05, 3.63) is 70.5 Å². The average Bonchev–Trinajstić information content (AvgIpc) is 3.10. The van der Waals surface area contributed by atoms with Crippen LogP contribution in [0.15, 0.2) is 42.5 Å². The average molecular weight is 335 g/mol.